The van der Waals surface area contributed by atoms with E-state index in [4.69, 9.17) is 4.74 Å². The molecule has 1 amide bonds. The maximum absolute atomic E-state index is 12.4. The monoisotopic (exact) mass is 984 g/mol. The summed E-state index contributed by atoms with van der Waals surface area (Å²) < 4.78 is 5.49. The van der Waals surface area contributed by atoms with Crippen LogP contribution in [-0.4, -0.2) is 47.4 Å². The van der Waals surface area contributed by atoms with Crippen LogP contribution in [0.3, 0.4) is 0 Å². The fourth-order valence-corrected chi connectivity index (χ4v) is 9.61. The Morgan fingerprint density at radius 3 is 1.13 bits per heavy atom. The smallest absolute Gasteiger partial charge is 0.305 e. The molecule has 0 aliphatic heterocycles. The maximum Gasteiger partial charge on any atom is 0.305 e. The van der Waals surface area contributed by atoms with Crippen molar-refractivity contribution in [3.8, 4) is 0 Å². The number of allylic oxidation sites excluding steroid dienone is 6. The van der Waals surface area contributed by atoms with Crippen molar-refractivity contribution >= 4 is 11.9 Å². The van der Waals surface area contributed by atoms with Gasteiger partial charge in [0.15, 0.2) is 0 Å². The number of amides is 1. The molecule has 0 aromatic heterocycles. The van der Waals surface area contributed by atoms with Gasteiger partial charge in [-0.05, 0) is 83.5 Å². The molecule has 0 fully saturated rings. The highest BCUT2D eigenvalue weighted by Crippen LogP contribution is 2.17. The normalized spacial score (nSPS) is 12.8. The average molecular weight is 985 g/mol. The molecule has 0 rings (SSSR count). The van der Waals surface area contributed by atoms with Gasteiger partial charge in [-0.3, -0.25) is 9.59 Å². The summed E-state index contributed by atoms with van der Waals surface area (Å²) in [6.45, 7) is 4.92. The van der Waals surface area contributed by atoms with Crippen molar-refractivity contribution in [2.45, 2.75) is 347 Å². The Balaban J connectivity index is 3.37. The summed E-state index contributed by atoms with van der Waals surface area (Å²) in [6.07, 6.45) is 74.5. The Morgan fingerprint density at radius 1 is 0.400 bits per heavy atom. The minimum Gasteiger partial charge on any atom is -0.466 e. The summed E-state index contributed by atoms with van der Waals surface area (Å²) in [5, 5.41) is 23.2. The molecule has 0 aromatic rings. The zero-order valence-corrected chi connectivity index (χ0v) is 47.0. The van der Waals surface area contributed by atoms with Crippen LogP contribution >= 0.6 is 0 Å². The van der Waals surface area contributed by atoms with Crippen LogP contribution in [0, 0.1) is 0 Å². The number of hydrogen-bond donors (Lipinski definition) is 3. The number of unbranched alkanes of at least 4 members (excludes halogenated alkanes) is 41. The van der Waals surface area contributed by atoms with Crippen LogP contribution in [0.2, 0.25) is 0 Å². The van der Waals surface area contributed by atoms with Crippen LogP contribution in [0.5, 0.6) is 0 Å². The molecule has 0 saturated carbocycles. The van der Waals surface area contributed by atoms with Crippen LogP contribution in [0.1, 0.15) is 335 Å². The molecule has 0 heterocycles. The van der Waals surface area contributed by atoms with E-state index < -0.39 is 12.1 Å². The molecular formula is C64H121NO5. The molecule has 6 nitrogen and oxygen atoms in total. The van der Waals surface area contributed by atoms with Crippen molar-refractivity contribution in [3.63, 3.8) is 0 Å². The number of carbonyl (C=O) groups is 2. The number of esters is 1. The van der Waals surface area contributed by atoms with Crippen LogP contribution in [0.15, 0.2) is 36.5 Å². The summed E-state index contributed by atoms with van der Waals surface area (Å²) in [4.78, 5) is 24.5. The largest absolute Gasteiger partial charge is 0.466 e. The van der Waals surface area contributed by atoms with Gasteiger partial charge < -0.3 is 20.3 Å². The Morgan fingerprint density at radius 2 is 0.714 bits per heavy atom. The molecule has 0 aliphatic rings. The SMILES string of the molecule is CCCCC/C=C\C/C=C\CCCCCCCCCC(=O)OCCCCCCCCCCCCCC/C=C\CCCCCCCCCCCC(=O)NC(CO)C(O)CCCCCCCCCCCCC. The Bertz CT molecular complexity index is 1130. The molecule has 2 atom stereocenters. The van der Waals surface area contributed by atoms with Crippen LogP contribution in [-0.2, 0) is 14.3 Å². The third-order valence-electron chi connectivity index (χ3n) is 14.4. The third-order valence-corrected chi connectivity index (χ3v) is 14.4. The van der Waals surface area contributed by atoms with E-state index in [2.05, 4.69) is 55.6 Å². The second kappa shape index (κ2) is 59.6. The Labute approximate surface area is 436 Å². The van der Waals surface area contributed by atoms with E-state index in [1.54, 1.807) is 0 Å². The van der Waals surface area contributed by atoms with Crippen molar-refractivity contribution < 1.29 is 24.5 Å². The van der Waals surface area contributed by atoms with Gasteiger partial charge in [-0.1, -0.05) is 275 Å². The van der Waals surface area contributed by atoms with Gasteiger partial charge in [0.25, 0.3) is 0 Å². The molecule has 2 unspecified atom stereocenters. The molecule has 0 spiro atoms. The predicted octanol–water partition coefficient (Wildman–Crippen LogP) is 19.6. The van der Waals surface area contributed by atoms with Crippen molar-refractivity contribution in [3.05, 3.63) is 36.5 Å². The van der Waals surface area contributed by atoms with Crippen molar-refractivity contribution in [2.24, 2.45) is 0 Å². The first-order valence-electron chi connectivity index (χ1n) is 31.2. The molecule has 3 N–H and O–H groups in total. The third kappa shape index (κ3) is 55.4. The summed E-state index contributed by atoms with van der Waals surface area (Å²) in [6, 6.07) is -0.542. The number of ether oxygens (including phenoxy) is 1. The quantitative estimate of drug-likeness (QED) is 0.0321. The van der Waals surface area contributed by atoms with Gasteiger partial charge in [-0.2, -0.15) is 0 Å². The average Bonchev–Trinajstić information content (AvgIpc) is 3.36. The first-order valence-corrected chi connectivity index (χ1v) is 31.2. The van der Waals surface area contributed by atoms with Gasteiger partial charge in [-0.25, -0.2) is 0 Å². The fraction of sp³-hybridized carbons (Fsp3) is 0.875. The van der Waals surface area contributed by atoms with Gasteiger partial charge in [0, 0.05) is 12.8 Å². The molecule has 0 saturated heterocycles. The van der Waals surface area contributed by atoms with E-state index in [0.717, 1.165) is 51.4 Å². The first kappa shape index (κ1) is 68.1. The summed E-state index contributed by atoms with van der Waals surface area (Å²) in [5.74, 6) is -0.0329. The highest BCUT2D eigenvalue weighted by atomic mass is 16.5. The molecule has 0 bridgehead atoms. The fourth-order valence-electron chi connectivity index (χ4n) is 9.61. The number of nitrogens with one attached hydrogen (secondary N) is 1. The van der Waals surface area contributed by atoms with E-state index in [0.29, 0.717) is 25.9 Å². The van der Waals surface area contributed by atoms with Gasteiger partial charge in [0.2, 0.25) is 5.91 Å². The second-order valence-electron chi connectivity index (χ2n) is 21.4. The Kier molecular flexibility index (Phi) is 58.0. The number of carbonyl (C=O) groups excluding carboxylic acids is 2. The van der Waals surface area contributed by atoms with Crippen molar-refractivity contribution in [1.29, 1.82) is 0 Å². The summed E-state index contributed by atoms with van der Waals surface area (Å²) >= 11 is 0. The molecule has 70 heavy (non-hydrogen) atoms. The highest BCUT2D eigenvalue weighted by Gasteiger charge is 2.20. The van der Waals surface area contributed by atoms with Crippen LogP contribution in [0.4, 0.5) is 0 Å². The first-order chi connectivity index (χ1) is 34.5. The van der Waals surface area contributed by atoms with Gasteiger partial charge >= 0.3 is 5.97 Å². The van der Waals surface area contributed by atoms with Gasteiger partial charge in [0.05, 0.1) is 25.4 Å². The minimum atomic E-state index is -0.665. The lowest BCUT2D eigenvalue weighted by molar-refractivity contribution is -0.143. The van der Waals surface area contributed by atoms with Crippen LogP contribution in [0.25, 0.3) is 0 Å². The Hall–Kier alpha value is -1.92. The highest BCUT2D eigenvalue weighted by molar-refractivity contribution is 5.76. The number of hydrogen-bond acceptors (Lipinski definition) is 5. The molecule has 0 aliphatic carbocycles. The van der Waals surface area contributed by atoms with Gasteiger partial charge in [0.1, 0.15) is 0 Å². The zero-order valence-electron chi connectivity index (χ0n) is 47.0. The summed E-state index contributed by atoms with van der Waals surface area (Å²) in [5.41, 5.74) is 0. The van der Waals surface area contributed by atoms with Crippen molar-refractivity contribution in [1.82, 2.24) is 5.32 Å². The molecule has 0 radical (unpaired) electrons. The predicted molar refractivity (Wildman–Crippen MR) is 306 cm³/mol. The van der Waals surface area contributed by atoms with E-state index in [9.17, 15) is 19.8 Å². The number of aliphatic hydroxyl groups is 2. The minimum absolute atomic E-state index is 0.00566. The standard InChI is InChI=1S/C64H121NO5/c1-3-5-7-9-11-13-15-16-17-27-31-34-38-42-46-50-54-58-64(69)70-59-55-51-47-43-39-35-32-29-26-24-22-20-18-19-21-23-25-28-30-33-37-41-45-49-53-57-63(68)65-61(60-66)62(67)56-52-48-44-40-36-14-12-10-8-6-4-2/h11,13,16-17,19,21,61-62,66-67H,3-10,12,14-15,18,20,22-60H2,1-2H3,(H,65,68)/b13-11-,17-16-,21-19-. The molecular weight excluding hydrogens is 863 g/mol. The van der Waals surface area contributed by atoms with E-state index in [1.807, 2.05) is 0 Å². The van der Waals surface area contributed by atoms with E-state index >= 15 is 0 Å². The van der Waals surface area contributed by atoms with E-state index in [-0.39, 0.29) is 18.5 Å². The lowest BCUT2D eigenvalue weighted by Crippen LogP contribution is -2.45. The topological polar surface area (TPSA) is 95.9 Å². The number of rotatable bonds is 58. The molecule has 6 heteroatoms. The second-order valence-corrected chi connectivity index (χ2v) is 21.4. The number of aliphatic hydroxyl groups excluding tert-OH is 2. The molecule has 412 valence electrons. The summed E-state index contributed by atoms with van der Waals surface area (Å²) in [7, 11) is 0. The van der Waals surface area contributed by atoms with E-state index in [1.165, 1.54) is 250 Å². The van der Waals surface area contributed by atoms with Gasteiger partial charge in [-0.15, -0.1) is 0 Å². The molecule has 0 aromatic carbocycles. The zero-order chi connectivity index (χ0) is 50.7. The lowest BCUT2D eigenvalue weighted by atomic mass is 10.0. The van der Waals surface area contributed by atoms with Crippen molar-refractivity contribution in [2.75, 3.05) is 13.2 Å². The maximum atomic E-state index is 12.4. The van der Waals surface area contributed by atoms with Crippen LogP contribution < -0.4 is 5.32 Å². The lowest BCUT2D eigenvalue weighted by Gasteiger charge is -2.22.